The van der Waals surface area contributed by atoms with Crippen LogP contribution in [-0.2, 0) is 27.3 Å². The molecular formula is C28H45N3O4. The molecule has 0 aromatic heterocycles. The van der Waals surface area contributed by atoms with Gasteiger partial charge in [-0.3, -0.25) is 4.79 Å². The lowest BCUT2D eigenvalue weighted by Crippen LogP contribution is -2.34. The Kier molecular flexibility index (Phi) is 17.6. The summed E-state index contributed by atoms with van der Waals surface area (Å²) in [5, 5.41) is 0. The summed E-state index contributed by atoms with van der Waals surface area (Å²) in [5.41, 5.74) is 15.3. The normalized spacial score (nSPS) is 13.2. The molecule has 0 aliphatic heterocycles. The fraction of sp³-hybridized carbons (Fsp3) is 0.500. The summed E-state index contributed by atoms with van der Waals surface area (Å²) in [4.78, 5) is 24.4. The zero-order valence-corrected chi connectivity index (χ0v) is 22.4. The van der Waals surface area contributed by atoms with Crippen molar-refractivity contribution in [2.75, 3.05) is 25.9 Å². The Morgan fingerprint density at radius 1 is 1.00 bits per heavy atom. The van der Waals surface area contributed by atoms with E-state index in [4.69, 9.17) is 16.2 Å². The molecule has 0 fully saturated rings. The number of benzene rings is 2. The fourth-order valence-electron chi connectivity index (χ4n) is 3.55. The number of carbonyl (C=O) groups excluding carboxylic acids is 2. The van der Waals surface area contributed by atoms with Crippen LogP contribution in [0.2, 0.25) is 0 Å². The van der Waals surface area contributed by atoms with Crippen LogP contribution in [0.5, 0.6) is 0 Å². The molecule has 3 rings (SSSR count). The maximum atomic E-state index is 12.4. The lowest BCUT2D eigenvalue weighted by molar-refractivity contribution is -0.142. The van der Waals surface area contributed by atoms with Gasteiger partial charge in [0.2, 0.25) is 0 Å². The molecule has 2 aromatic carbocycles. The molecule has 0 radical (unpaired) electrons. The van der Waals surface area contributed by atoms with Crippen molar-refractivity contribution in [3.05, 3.63) is 65.2 Å². The molecule has 7 heteroatoms. The first-order chi connectivity index (χ1) is 17.0. The first-order valence-electron chi connectivity index (χ1n) is 12.6. The molecule has 196 valence electrons. The van der Waals surface area contributed by atoms with Crippen LogP contribution in [0.4, 0.5) is 10.5 Å². The number of nitrogens with two attached hydrogens (primary N) is 2. The maximum Gasteiger partial charge on any atom is 0.410 e. The molecule has 0 saturated heterocycles. The van der Waals surface area contributed by atoms with Crippen LogP contribution in [0, 0.1) is 0 Å². The Morgan fingerprint density at radius 2 is 1.66 bits per heavy atom. The monoisotopic (exact) mass is 487 g/mol. The van der Waals surface area contributed by atoms with Gasteiger partial charge in [0.15, 0.2) is 0 Å². The molecule has 4 N–H and O–H groups in total. The number of amides is 1. The minimum atomic E-state index is -0.297. The number of hydrogen-bond donors (Lipinski definition) is 2. The van der Waals surface area contributed by atoms with Gasteiger partial charge in [0.1, 0.15) is 6.61 Å². The Morgan fingerprint density at radius 3 is 2.26 bits per heavy atom. The van der Waals surface area contributed by atoms with E-state index in [1.165, 1.54) is 5.56 Å². The van der Waals surface area contributed by atoms with E-state index < -0.39 is 0 Å². The second-order valence-corrected chi connectivity index (χ2v) is 7.32. The number of nitrogen functional groups attached to an aromatic ring is 1. The Balaban J connectivity index is 0.000000817. The number of anilines is 1. The quantitative estimate of drug-likeness (QED) is 0.390. The summed E-state index contributed by atoms with van der Waals surface area (Å²) in [6.45, 7) is 10.9. The predicted octanol–water partition coefficient (Wildman–Crippen LogP) is 5.87. The van der Waals surface area contributed by atoms with E-state index >= 15 is 0 Å². The third kappa shape index (κ3) is 11.3. The first-order valence-corrected chi connectivity index (χ1v) is 12.6. The van der Waals surface area contributed by atoms with E-state index in [1.807, 2.05) is 70.2 Å². The maximum absolute atomic E-state index is 12.4. The average molecular weight is 488 g/mol. The molecule has 1 atom stereocenters. The second kappa shape index (κ2) is 19.3. The van der Waals surface area contributed by atoms with Gasteiger partial charge in [-0.15, -0.1) is 0 Å². The summed E-state index contributed by atoms with van der Waals surface area (Å²) in [7, 11) is 1.80. The van der Waals surface area contributed by atoms with Crippen molar-refractivity contribution < 1.29 is 19.1 Å². The molecule has 0 saturated carbocycles. The summed E-state index contributed by atoms with van der Waals surface area (Å²) < 4.78 is 10.0. The van der Waals surface area contributed by atoms with Crippen LogP contribution in [-0.4, -0.2) is 37.2 Å². The van der Waals surface area contributed by atoms with Crippen molar-refractivity contribution in [2.24, 2.45) is 5.73 Å². The van der Waals surface area contributed by atoms with Gasteiger partial charge >= 0.3 is 12.1 Å². The smallest absolute Gasteiger partial charge is 0.410 e. The van der Waals surface area contributed by atoms with Crippen LogP contribution in [0.3, 0.4) is 0 Å². The standard InChI is InChI=1S/C19H22N2O2.C5H11NO2.2C2H6/c1-21(19(22)23-13-14-7-3-2-4-8-14)18-12-6-9-15-16(18)10-5-11-17(15)20;1-2-8-5(7)3-4-6;2*1-2/h2-5,7-8,10-11,18H,6,9,12-13,20H2,1H3;2-4,6H2,1H3;2*1-2H3. The number of carbonyl (C=O) groups is 2. The third-order valence-corrected chi connectivity index (χ3v) is 5.13. The van der Waals surface area contributed by atoms with Crippen LogP contribution >= 0.6 is 0 Å². The molecule has 0 heterocycles. The summed E-state index contributed by atoms with van der Waals surface area (Å²) >= 11 is 0. The van der Waals surface area contributed by atoms with E-state index in [2.05, 4.69) is 10.8 Å². The van der Waals surface area contributed by atoms with E-state index in [0.717, 1.165) is 36.1 Å². The predicted molar refractivity (Wildman–Crippen MR) is 144 cm³/mol. The molecule has 35 heavy (non-hydrogen) atoms. The van der Waals surface area contributed by atoms with Crippen LogP contribution in [0.25, 0.3) is 0 Å². The van der Waals surface area contributed by atoms with Gasteiger partial charge < -0.3 is 25.8 Å². The van der Waals surface area contributed by atoms with Gasteiger partial charge in [-0.25, -0.2) is 4.79 Å². The van der Waals surface area contributed by atoms with Crippen molar-refractivity contribution in [1.82, 2.24) is 4.90 Å². The SMILES string of the molecule is CC.CC.CCOC(=O)CCN.CN(C(=O)OCc1ccccc1)C1CCCc2c(N)cccc21. The van der Waals surface area contributed by atoms with Crippen molar-refractivity contribution in [3.63, 3.8) is 0 Å². The van der Waals surface area contributed by atoms with Crippen molar-refractivity contribution >= 4 is 17.7 Å². The van der Waals surface area contributed by atoms with E-state index in [-0.39, 0.29) is 18.1 Å². The Labute approximate surface area is 211 Å². The minimum absolute atomic E-state index is 0.0329. The number of hydrogen-bond acceptors (Lipinski definition) is 6. The van der Waals surface area contributed by atoms with E-state index in [9.17, 15) is 9.59 Å². The van der Waals surface area contributed by atoms with Gasteiger partial charge in [-0.2, -0.15) is 0 Å². The van der Waals surface area contributed by atoms with Gasteiger partial charge in [0.05, 0.1) is 19.1 Å². The Bertz CT molecular complexity index is 835. The van der Waals surface area contributed by atoms with Gasteiger partial charge in [0, 0.05) is 19.3 Å². The highest BCUT2D eigenvalue weighted by atomic mass is 16.6. The van der Waals surface area contributed by atoms with E-state index in [0.29, 0.717) is 26.2 Å². The lowest BCUT2D eigenvalue weighted by atomic mass is 9.86. The number of rotatable bonds is 6. The molecule has 1 aliphatic rings. The van der Waals surface area contributed by atoms with Crippen molar-refractivity contribution in [3.8, 4) is 0 Å². The number of nitrogens with zero attached hydrogens (tertiary/aromatic N) is 1. The minimum Gasteiger partial charge on any atom is -0.466 e. The summed E-state index contributed by atoms with van der Waals surface area (Å²) in [6, 6.07) is 15.7. The molecule has 7 nitrogen and oxygen atoms in total. The van der Waals surface area contributed by atoms with Crippen molar-refractivity contribution in [1.29, 1.82) is 0 Å². The highest BCUT2D eigenvalue weighted by Gasteiger charge is 2.28. The highest BCUT2D eigenvalue weighted by Crippen LogP contribution is 2.36. The highest BCUT2D eigenvalue weighted by molar-refractivity contribution is 5.69. The third-order valence-electron chi connectivity index (χ3n) is 5.13. The average Bonchev–Trinajstić information content (AvgIpc) is 2.90. The molecule has 2 aromatic rings. The second-order valence-electron chi connectivity index (χ2n) is 7.32. The number of ether oxygens (including phenoxy) is 2. The molecule has 0 spiro atoms. The van der Waals surface area contributed by atoms with E-state index in [1.54, 1.807) is 18.9 Å². The lowest BCUT2D eigenvalue weighted by Gasteiger charge is -2.33. The molecular weight excluding hydrogens is 442 g/mol. The van der Waals surface area contributed by atoms with Gasteiger partial charge in [0.25, 0.3) is 0 Å². The van der Waals surface area contributed by atoms with Crippen LogP contribution < -0.4 is 11.5 Å². The van der Waals surface area contributed by atoms with Gasteiger partial charge in [-0.1, -0.05) is 70.2 Å². The van der Waals surface area contributed by atoms with Crippen LogP contribution in [0.1, 0.15) is 76.6 Å². The summed E-state index contributed by atoms with van der Waals surface area (Å²) in [6.07, 6.45) is 2.98. The molecule has 0 bridgehead atoms. The van der Waals surface area contributed by atoms with Crippen LogP contribution in [0.15, 0.2) is 48.5 Å². The summed E-state index contributed by atoms with van der Waals surface area (Å²) in [5.74, 6) is -0.213. The zero-order chi connectivity index (χ0) is 26.6. The zero-order valence-electron chi connectivity index (χ0n) is 22.4. The molecule has 1 aliphatic carbocycles. The Hall–Kier alpha value is -3.06. The first kappa shape index (κ1) is 31.9. The van der Waals surface area contributed by atoms with Gasteiger partial charge in [-0.05, 0) is 48.9 Å². The number of fused-ring (bicyclic) bond motifs is 1. The molecule has 1 amide bonds. The molecule has 1 unspecified atom stereocenters. The van der Waals surface area contributed by atoms with Crippen molar-refractivity contribution in [2.45, 2.75) is 73.0 Å². The largest absolute Gasteiger partial charge is 0.466 e. The number of esters is 1. The fourth-order valence-corrected chi connectivity index (χ4v) is 3.55. The topological polar surface area (TPSA) is 108 Å².